The van der Waals surface area contributed by atoms with Crippen LogP contribution in [-0.4, -0.2) is 96.8 Å². The van der Waals surface area contributed by atoms with Gasteiger partial charge >= 0.3 is 0 Å². The number of piperazine rings is 2. The van der Waals surface area contributed by atoms with Gasteiger partial charge in [-0.15, -0.1) is 0 Å². The van der Waals surface area contributed by atoms with E-state index in [1.54, 1.807) is 25.2 Å². The van der Waals surface area contributed by atoms with Gasteiger partial charge in [0.1, 0.15) is 17.2 Å². The molecule has 2 N–H and O–H groups in total. The van der Waals surface area contributed by atoms with E-state index in [9.17, 15) is 4.79 Å². The maximum atomic E-state index is 13.0. The predicted molar refractivity (Wildman–Crippen MR) is 177 cm³/mol. The number of rotatable bonds is 7. The van der Waals surface area contributed by atoms with Crippen molar-refractivity contribution in [2.45, 2.75) is 31.7 Å². The van der Waals surface area contributed by atoms with Crippen LogP contribution < -0.4 is 25.3 Å². The van der Waals surface area contributed by atoms with Crippen LogP contribution in [0, 0.1) is 0 Å². The molecule has 230 valence electrons. The van der Waals surface area contributed by atoms with E-state index in [1.165, 1.54) is 24.2 Å². The van der Waals surface area contributed by atoms with Gasteiger partial charge in [-0.2, -0.15) is 4.98 Å². The summed E-state index contributed by atoms with van der Waals surface area (Å²) in [6.45, 7) is 8.07. The Balaban J connectivity index is 0.999. The molecule has 1 saturated carbocycles. The molecular weight excluding hydrogens is 552 g/mol. The monoisotopic (exact) mass is 594 g/mol. The van der Waals surface area contributed by atoms with E-state index in [-0.39, 0.29) is 11.9 Å². The molecule has 11 nitrogen and oxygen atoms in total. The first-order chi connectivity index (χ1) is 21.5. The van der Waals surface area contributed by atoms with Gasteiger partial charge in [0.05, 0.1) is 11.9 Å². The van der Waals surface area contributed by atoms with Gasteiger partial charge in [0.15, 0.2) is 0 Å². The van der Waals surface area contributed by atoms with E-state index in [0.717, 1.165) is 81.9 Å². The highest BCUT2D eigenvalue weighted by atomic mass is 16.2. The number of anilines is 5. The summed E-state index contributed by atoms with van der Waals surface area (Å²) in [6, 6.07) is 15.4. The number of aromatic nitrogens is 4. The van der Waals surface area contributed by atoms with Crippen LogP contribution in [0.2, 0.25) is 0 Å². The third-order valence-corrected chi connectivity index (χ3v) is 9.22. The van der Waals surface area contributed by atoms with Gasteiger partial charge < -0.3 is 34.8 Å². The van der Waals surface area contributed by atoms with Crippen LogP contribution in [0.25, 0.3) is 11.0 Å². The van der Waals surface area contributed by atoms with E-state index in [4.69, 9.17) is 9.97 Å². The molecule has 4 aromatic rings. The quantitative estimate of drug-likeness (QED) is 0.328. The highest BCUT2D eigenvalue weighted by Gasteiger charge is 2.26. The topological polar surface area (TPSA) is 97.7 Å². The zero-order valence-corrected chi connectivity index (χ0v) is 25.7. The maximum Gasteiger partial charge on any atom is 0.270 e. The predicted octanol–water partition coefficient (Wildman–Crippen LogP) is 4.12. The molecule has 2 saturated heterocycles. The van der Waals surface area contributed by atoms with Gasteiger partial charge in [-0.3, -0.25) is 4.79 Å². The second kappa shape index (κ2) is 12.3. The molecule has 1 aromatic carbocycles. The average Bonchev–Trinajstić information content (AvgIpc) is 3.73. The van der Waals surface area contributed by atoms with Crippen molar-refractivity contribution in [3.63, 3.8) is 0 Å². The summed E-state index contributed by atoms with van der Waals surface area (Å²) in [4.78, 5) is 36.1. The van der Waals surface area contributed by atoms with Crippen LogP contribution in [0.3, 0.4) is 0 Å². The highest BCUT2D eigenvalue weighted by molar-refractivity contribution is 5.98. The van der Waals surface area contributed by atoms with Crippen molar-refractivity contribution in [3.8, 4) is 0 Å². The minimum absolute atomic E-state index is 0.00813. The Morgan fingerprint density at radius 1 is 0.818 bits per heavy atom. The third-order valence-electron chi connectivity index (χ3n) is 9.22. The molecule has 44 heavy (non-hydrogen) atoms. The van der Waals surface area contributed by atoms with Crippen LogP contribution >= 0.6 is 0 Å². The zero-order valence-electron chi connectivity index (χ0n) is 25.7. The molecule has 0 atom stereocenters. The molecule has 3 fully saturated rings. The van der Waals surface area contributed by atoms with Gasteiger partial charge in [0.25, 0.3) is 5.91 Å². The lowest BCUT2D eigenvalue weighted by Crippen LogP contribution is -2.46. The first kappa shape index (κ1) is 28.4. The summed E-state index contributed by atoms with van der Waals surface area (Å²) in [5.41, 5.74) is 5.19. The number of hydrogen-bond acceptors (Lipinski definition) is 9. The molecule has 7 rings (SSSR count). The number of nitrogens with zero attached hydrogens (tertiary/aromatic N) is 8. The van der Waals surface area contributed by atoms with Gasteiger partial charge in [-0.1, -0.05) is 12.8 Å². The smallest absolute Gasteiger partial charge is 0.270 e. The largest absolute Gasteiger partial charge is 0.369 e. The molecule has 2 aliphatic heterocycles. The molecule has 11 heteroatoms. The lowest BCUT2D eigenvalue weighted by molar-refractivity contribution is 0.0815. The van der Waals surface area contributed by atoms with Crippen molar-refractivity contribution in [1.29, 1.82) is 0 Å². The van der Waals surface area contributed by atoms with Crippen LogP contribution in [0.15, 0.2) is 54.9 Å². The number of amides is 1. The van der Waals surface area contributed by atoms with Crippen molar-refractivity contribution in [3.05, 3.63) is 60.6 Å². The van der Waals surface area contributed by atoms with Crippen LogP contribution in [-0.2, 0) is 0 Å². The molecular formula is C33H42N10O. The average molecular weight is 595 g/mol. The molecule has 1 aliphatic carbocycles. The van der Waals surface area contributed by atoms with E-state index in [1.807, 2.05) is 18.3 Å². The Bertz CT molecular complexity index is 1580. The fourth-order valence-corrected chi connectivity index (χ4v) is 6.78. The molecule has 1 amide bonds. The summed E-state index contributed by atoms with van der Waals surface area (Å²) in [5.74, 6) is 1.17. The Morgan fingerprint density at radius 3 is 2.05 bits per heavy atom. The standard InChI is InChI=1S/C33H42N10O/c1-39(2)32(44)29-21-24-22-36-33(38-31(24)43(29)27-5-3-4-6-27)37-30-12-11-28(23-35-30)42-19-17-41(18-20-42)26-9-7-25(8-10-26)40-15-13-34-14-16-40/h7-12,21-23,27,34H,3-6,13-20H2,1-2H3,(H,35,36,37,38). The zero-order chi connectivity index (χ0) is 30.0. The molecule has 0 bridgehead atoms. The van der Waals surface area contributed by atoms with Crippen molar-refractivity contribution >= 4 is 45.8 Å². The summed E-state index contributed by atoms with van der Waals surface area (Å²) < 4.78 is 2.13. The molecule has 0 radical (unpaired) electrons. The fraction of sp³-hybridized carbons (Fsp3) is 0.455. The van der Waals surface area contributed by atoms with Crippen molar-refractivity contribution < 1.29 is 4.79 Å². The first-order valence-corrected chi connectivity index (χ1v) is 15.9. The lowest BCUT2D eigenvalue weighted by atomic mass is 10.2. The van der Waals surface area contributed by atoms with Crippen LogP contribution in [0.1, 0.15) is 42.2 Å². The number of fused-ring (bicyclic) bond motifs is 1. The highest BCUT2D eigenvalue weighted by Crippen LogP contribution is 2.35. The fourth-order valence-electron chi connectivity index (χ4n) is 6.78. The number of nitrogens with one attached hydrogen (secondary N) is 2. The van der Waals surface area contributed by atoms with Crippen molar-refractivity contribution in [2.24, 2.45) is 0 Å². The van der Waals surface area contributed by atoms with Gasteiger partial charge in [-0.25, -0.2) is 9.97 Å². The SMILES string of the molecule is CN(C)C(=O)c1cc2cnc(Nc3ccc(N4CCN(c5ccc(N6CCNCC6)cc5)CC4)cn3)nc2n1C1CCCC1. The van der Waals surface area contributed by atoms with Gasteiger partial charge in [-0.05, 0) is 55.3 Å². The Labute approximate surface area is 258 Å². The van der Waals surface area contributed by atoms with Crippen LogP contribution in [0.5, 0.6) is 0 Å². The Hall–Kier alpha value is -4.38. The Morgan fingerprint density at radius 2 is 1.43 bits per heavy atom. The second-order valence-electron chi connectivity index (χ2n) is 12.3. The number of carbonyl (C=O) groups is 1. The number of carbonyl (C=O) groups excluding carboxylic acids is 1. The van der Waals surface area contributed by atoms with Gasteiger partial charge in [0.2, 0.25) is 5.95 Å². The summed E-state index contributed by atoms with van der Waals surface area (Å²) >= 11 is 0. The van der Waals surface area contributed by atoms with E-state index in [2.05, 4.69) is 65.2 Å². The van der Waals surface area contributed by atoms with Crippen LogP contribution in [0.4, 0.5) is 28.8 Å². The lowest BCUT2D eigenvalue weighted by Gasteiger charge is -2.37. The number of benzene rings is 1. The van der Waals surface area contributed by atoms with E-state index >= 15 is 0 Å². The maximum absolute atomic E-state index is 13.0. The third kappa shape index (κ3) is 5.76. The minimum Gasteiger partial charge on any atom is -0.369 e. The number of hydrogen-bond donors (Lipinski definition) is 2. The van der Waals surface area contributed by atoms with Crippen molar-refractivity contribution in [1.82, 2.24) is 29.7 Å². The first-order valence-electron chi connectivity index (χ1n) is 15.9. The summed E-state index contributed by atoms with van der Waals surface area (Å²) in [5, 5.41) is 7.59. The number of pyridine rings is 1. The summed E-state index contributed by atoms with van der Waals surface area (Å²) in [6.07, 6.45) is 8.19. The Kier molecular flexibility index (Phi) is 7.95. The molecule has 5 heterocycles. The molecule has 0 unspecified atom stereocenters. The molecule has 3 aliphatic rings. The minimum atomic E-state index is -0.00813. The van der Waals surface area contributed by atoms with E-state index < -0.39 is 0 Å². The second-order valence-corrected chi connectivity index (χ2v) is 12.3. The van der Waals surface area contributed by atoms with Crippen molar-refractivity contribution in [2.75, 3.05) is 86.5 Å². The normalized spacial score (nSPS) is 17.8. The van der Waals surface area contributed by atoms with Gasteiger partial charge in [0, 0.05) is 95.5 Å². The summed E-state index contributed by atoms with van der Waals surface area (Å²) in [7, 11) is 3.58. The molecule has 0 spiro atoms. The van der Waals surface area contributed by atoms with E-state index in [0.29, 0.717) is 17.5 Å². The molecule has 3 aromatic heterocycles.